The highest BCUT2D eigenvalue weighted by Crippen LogP contribution is 2.37. The molecule has 3 aromatic rings. The molecule has 1 amide bonds. The number of allylic oxidation sites excluding steroid dienone is 1. The number of aromatic hydroxyl groups is 1. The molecule has 0 saturated heterocycles. The Balaban J connectivity index is 1.76. The number of rotatable bonds is 6. The van der Waals surface area contributed by atoms with Gasteiger partial charge >= 0.3 is 0 Å². The molecule has 0 bridgehead atoms. The zero-order valence-corrected chi connectivity index (χ0v) is 18.5. The number of nitrogens with zero attached hydrogens (tertiary/aromatic N) is 3. The van der Waals surface area contributed by atoms with Crippen molar-refractivity contribution in [3.8, 4) is 5.75 Å². The zero-order valence-electron chi connectivity index (χ0n) is 17.7. The van der Waals surface area contributed by atoms with Gasteiger partial charge in [-0.2, -0.15) is 4.98 Å². The molecule has 2 aromatic carbocycles. The molecular formula is C23H25N5O2S. The van der Waals surface area contributed by atoms with Gasteiger partial charge in [-0.25, -0.2) is 4.68 Å². The van der Waals surface area contributed by atoms with Crippen molar-refractivity contribution in [2.24, 2.45) is 0 Å². The van der Waals surface area contributed by atoms with E-state index in [4.69, 9.17) is 0 Å². The largest absolute Gasteiger partial charge is 0.508 e. The maximum Gasteiger partial charge on any atom is 0.255 e. The molecule has 3 N–H and O–H groups in total. The van der Waals surface area contributed by atoms with Crippen molar-refractivity contribution in [1.29, 1.82) is 0 Å². The summed E-state index contributed by atoms with van der Waals surface area (Å²) in [5.74, 6) is 1.48. The number of carbonyl (C=O) groups is 1. The summed E-state index contributed by atoms with van der Waals surface area (Å²) in [6.07, 6.45) is 1.02. The van der Waals surface area contributed by atoms with E-state index in [9.17, 15) is 9.90 Å². The number of hydrogen-bond acceptors (Lipinski definition) is 6. The standard InChI is InChI=1S/C23H25N5O2S/c1-4-13-31-23-26-22-24-15(3)19(21(30)25-18-8-6-5-7-14(18)2)20(28(22)27-23)16-9-11-17(29)12-10-16/h5-12,20,29H,4,13H2,1-3H3,(H,25,30)(H,24,26,27). The summed E-state index contributed by atoms with van der Waals surface area (Å²) in [5, 5.41) is 21.4. The minimum atomic E-state index is -0.468. The van der Waals surface area contributed by atoms with Gasteiger partial charge in [0.15, 0.2) is 0 Å². The molecule has 4 rings (SSSR count). The molecule has 8 heteroatoms. The Morgan fingerprint density at radius 1 is 1.19 bits per heavy atom. The van der Waals surface area contributed by atoms with Crippen LogP contribution in [-0.4, -0.2) is 31.5 Å². The van der Waals surface area contributed by atoms with Crippen molar-refractivity contribution >= 4 is 29.3 Å². The number of phenols is 1. The van der Waals surface area contributed by atoms with Gasteiger partial charge < -0.3 is 15.7 Å². The Labute approximate surface area is 185 Å². The van der Waals surface area contributed by atoms with Gasteiger partial charge in [0.25, 0.3) is 5.91 Å². The lowest BCUT2D eigenvalue weighted by Crippen LogP contribution is -2.31. The molecule has 1 aliphatic heterocycles. The summed E-state index contributed by atoms with van der Waals surface area (Å²) in [4.78, 5) is 18.1. The second-order valence-electron chi connectivity index (χ2n) is 7.44. The first-order valence-corrected chi connectivity index (χ1v) is 11.2. The van der Waals surface area contributed by atoms with Crippen LogP contribution in [0.2, 0.25) is 0 Å². The smallest absolute Gasteiger partial charge is 0.255 e. The van der Waals surface area contributed by atoms with E-state index < -0.39 is 6.04 Å². The van der Waals surface area contributed by atoms with Crippen LogP contribution in [0.25, 0.3) is 0 Å². The molecule has 1 atom stereocenters. The number of fused-ring (bicyclic) bond motifs is 1. The highest BCUT2D eigenvalue weighted by atomic mass is 32.2. The zero-order chi connectivity index (χ0) is 22.0. The van der Waals surface area contributed by atoms with Crippen molar-refractivity contribution in [2.75, 3.05) is 16.4 Å². The lowest BCUT2D eigenvalue weighted by Gasteiger charge is -2.28. The van der Waals surface area contributed by atoms with E-state index in [0.29, 0.717) is 16.7 Å². The highest BCUT2D eigenvalue weighted by molar-refractivity contribution is 7.99. The fourth-order valence-corrected chi connectivity index (χ4v) is 4.23. The molecule has 1 aromatic heterocycles. The summed E-state index contributed by atoms with van der Waals surface area (Å²) in [6, 6.07) is 14.1. The van der Waals surface area contributed by atoms with Crippen LogP contribution in [0.5, 0.6) is 5.75 Å². The summed E-state index contributed by atoms with van der Waals surface area (Å²) in [7, 11) is 0. The molecule has 1 aliphatic rings. The van der Waals surface area contributed by atoms with Gasteiger partial charge in [0.1, 0.15) is 11.8 Å². The Hall–Kier alpha value is -3.26. The number of thioether (sulfide) groups is 1. The van der Waals surface area contributed by atoms with Crippen LogP contribution in [-0.2, 0) is 4.79 Å². The number of phenolic OH excluding ortho intramolecular Hbond substituents is 1. The average molecular weight is 436 g/mol. The quantitative estimate of drug-likeness (QED) is 0.485. The van der Waals surface area contributed by atoms with E-state index in [-0.39, 0.29) is 11.7 Å². The van der Waals surface area contributed by atoms with Gasteiger partial charge in [0.2, 0.25) is 11.1 Å². The van der Waals surface area contributed by atoms with E-state index >= 15 is 0 Å². The molecule has 0 aliphatic carbocycles. The molecule has 0 spiro atoms. The summed E-state index contributed by atoms with van der Waals surface area (Å²) < 4.78 is 1.75. The van der Waals surface area contributed by atoms with Crippen molar-refractivity contribution < 1.29 is 9.90 Å². The van der Waals surface area contributed by atoms with Gasteiger partial charge in [0.05, 0.1) is 5.57 Å². The molecule has 160 valence electrons. The highest BCUT2D eigenvalue weighted by Gasteiger charge is 2.34. The molecule has 7 nitrogen and oxygen atoms in total. The van der Waals surface area contributed by atoms with Crippen LogP contribution in [0.4, 0.5) is 11.6 Å². The fraction of sp³-hybridized carbons (Fsp3) is 0.261. The van der Waals surface area contributed by atoms with Crippen molar-refractivity contribution in [3.63, 3.8) is 0 Å². The van der Waals surface area contributed by atoms with Crippen molar-refractivity contribution in [2.45, 2.75) is 38.4 Å². The average Bonchev–Trinajstić information content (AvgIpc) is 3.15. The van der Waals surface area contributed by atoms with Gasteiger partial charge in [-0.1, -0.05) is 49.0 Å². The maximum atomic E-state index is 13.4. The Bertz CT molecular complexity index is 1140. The lowest BCUT2D eigenvalue weighted by molar-refractivity contribution is -0.113. The number of nitrogens with one attached hydrogen (secondary N) is 2. The lowest BCUT2D eigenvalue weighted by atomic mass is 9.95. The molecule has 0 saturated carbocycles. The van der Waals surface area contributed by atoms with Crippen LogP contribution >= 0.6 is 11.8 Å². The van der Waals surface area contributed by atoms with Crippen molar-refractivity contribution in [1.82, 2.24) is 14.8 Å². The minimum Gasteiger partial charge on any atom is -0.508 e. The van der Waals surface area contributed by atoms with Crippen LogP contribution in [0.3, 0.4) is 0 Å². The second kappa shape index (κ2) is 8.85. The molecular weight excluding hydrogens is 410 g/mol. The molecule has 2 heterocycles. The summed E-state index contributed by atoms with van der Waals surface area (Å²) >= 11 is 1.59. The number of aromatic nitrogens is 3. The third-order valence-corrected chi connectivity index (χ3v) is 6.16. The predicted molar refractivity (Wildman–Crippen MR) is 123 cm³/mol. The van der Waals surface area contributed by atoms with E-state index in [2.05, 4.69) is 27.6 Å². The Morgan fingerprint density at radius 2 is 1.94 bits per heavy atom. The second-order valence-corrected chi connectivity index (χ2v) is 8.50. The third kappa shape index (κ3) is 4.29. The number of hydrogen-bond donors (Lipinski definition) is 3. The SMILES string of the molecule is CCCSc1nc2n(n1)C(c1ccc(O)cc1)C(C(=O)Nc1ccccc1C)=C(C)N2. The minimum absolute atomic E-state index is 0.169. The first kappa shape index (κ1) is 21.0. The topological polar surface area (TPSA) is 92.1 Å². The van der Waals surface area contributed by atoms with Crippen LogP contribution < -0.4 is 10.6 Å². The van der Waals surface area contributed by atoms with Gasteiger partial charge in [0, 0.05) is 17.1 Å². The number of para-hydroxylation sites is 1. The fourth-order valence-electron chi connectivity index (χ4n) is 3.55. The first-order chi connectivity index (χ1) is 15.0. The van der Waals surface area contributed by atoms with Crippen LogP contribution in [0.1, 0.15) is 37.4 Å². The number of aryl methyl sites for hydroxylation is 1. The third-order valence-electron chi connectivity index (χ3n) is 5.12. The number of anilines is 2. The van der Waals surface area contributed by atoms with Gasteiger partial charge in [-0.3, -0.25) is 4.79 Å². The number of benzene rings is 2. The molecule has 1 unspecified atom stereocenters. The first-order valence-electron chi connectivity index (χ1n) is 10.2. The monoisotopic (exact) mass is 435 g/mol. The predicted octanol–water partition coefficient (Wildman–Crippen LogP) is 4.72. The van der Waals surface area contributed by atoms with E-state index in [0.717, 1.165) is 34.7 Å². The van der Waals surface area contributed by atoms with Crippen LogP contribution in [0.15, 0.2) is 65.0 Å². The molecule has 0 radical (unpaired) electrons. The van der Waals surface area contributed by atoms with Gasteiger partial charge in [-0.05, 0) is 49.6 Å². The molecule has 31 heavy (non-hydrogen) atoms. The van der Waals surface area contributed by atoms with Crippen molar-refractivity contribution in [3.05, 3.63) is 70.9 Å². The maximum absolute atomic E-state index is 13.4. The van der Waals surface area contributed by atoms with Gasteiger partial charge in [-0.15, -0.1) is 5.10 Å². The summed E-state index contributed by atoms with van der Waals surface area (Å²) in [6.45, 7) is 5.94. The van der Waals surface area contributed by atoms with E-state index in [1.807, 2.05) is 50.2 Å². The van der Waals surface area contributed by atoms with E-state index in [1.165, 1.54) is 0 Å². The Kier molecular flexibility index (Phi) is 5.99. The van der Waals surface area contributed by atoms with E-state index in [1.54, 1.807) is 28.6 Å². The summed E-state index contributed by atoms with van der Waals surface area (Å²) in [5.41, 5.74) is 3.86. The number of carbonyl (C=O) groups excluding carboxylic acids is 1. The Morgan fingerprint density at radius 3 is 2.65 bits per heavy atom. The molecule has 0 fully saturated rings. The normalized spacial score (nSPS) is 15.4. The van der Waals surface area contributed by atoms with Crippen LogP contribution in [0, 0.1) is 6.92 Å². The number of amides is 1.